The van der Waals surface area contributed by atoms with Crippen LogP contribution in [-0.2, 0) is 6.54 Å². The average Bonchev–Trinajstić information content (AvgIpc) is 2.69. The summed E-state index contributed by atoms with van der Waals surface area (Å²) in [4.78, 5) is 2.31. The quantitative estimate of drug-likeness (QED) is 0.868. The Bertz CT molecular complexity index is 454. The molecular weight excluding hydrogens is 248 g/mol. The summed E-state index contributed by atoms with van der Waals surface area (Å²) >= 11 is 0. The maximum atomic E-state index is 10.2. The van der Waals surface area contributed by atoms with Crippen LogP contribution in [0.15, 0.2) is 18.2 Å². The largest absolute Gasteiger partial charge is 0.388 e. The molecule has 2 N–H and O–H groups in total. The van der Waals surface area contributed by atoms with Gasteiger partial charge in [0.15, 0.2) is 0 Å². The van der Waals surface area contributed by atoms with Crippen LogP contribution < -0.4 is 10.2 Å². The zero-order valence-electron chi connectivity index (χ0n) is 13.2. The van der Waals surface area contributed by atoms with Gasteiger partial charge in [0, 0.05) is 25.3 Å². The summed E-state index contributed by atoms with van der Waals surface area (Å²) in [6.07, 6.45) is 0.847. The fraction of sp³-hybridized carbons (Fsp3) is 0.647. The first kappa shape index (κ1) is 15.3. The Kier molecular flexibility index (Phi) is 4.71. The highest BCUT2D eigenvalue weighted by Crippen LogP contribution is 2.29. The van der Waals surface area contributed by atoms with Crippen LogP contribution in [-0.4, -0.2) is 30.3 Å². The van der Waals surface area contributed by atoms with Crippen LogP contribution in [0.2, 0.25) is 0 Å². The molecule has 1 unspecified atom stereocenters. The molecule has 112 valence electrons. The highest BCUT2D eigenvalue weighted by Gasteiger charge is 2.32. The number of anilines is 1. The van der Waals surface area contributed by atoms with E-state index >= 15 is 0 Å². The van der Waals surface area contributed by atoms with Gasteiger partial charge in [-0.1, -0.05) is 31.5 Å². The third kappa shape index (κ3) is 3.97. The smallest absolute Gasteiger partial charge is 0.0810 e. The van der Waals surface area contributed by atoms with Crippen LogP contribution in [0.3, 0.4) is 0 Å². The lowest BCUT2D eigenvalue weighted by Gasteiger charge is -2.24. The molecule has 1 atom stereocenters. The predicted molar refractivity (Wildman–Crippen MR) is 85.2 cm³/mol. The van der Waals surface area contributed by atoms with Gasteiger partial charge in [0.2, 0.25) is 0 Å². The molecule has 0 spiro atoms. The Labute approximate surface area is 123 Å². The second kappa shape index (κ2) is 6.15. The number of β-amino-alcohol motifs (C(OH)–C–C–N with tert-alkyl or cyclic N) is 1. The Morgan fingerprint density at radius 2 is 2.15 bits per heavy atom. The van der Waals surface area contributed by atoms with E-state index in [1.165, 1.54) is 16.8 Å². The maximum Gasteiger partial charge on any atom is 0.0810 e. The summed E-state index contributed by atoms with van der Waals surface area (Å²) < 4.78 is 0. The van der Waals surface area contributed by atoms with Crippen LogP contribution in [0, 0.1) is 12.8 Å². The molecule has 1 aliphatic rings. The lowest BCUT2D eigenvalue weighted by Crippen LogP contribution is -2.30. The third-order valence-corrected chi connectivity index (χ3v) is 3.90. The van der Waals surface area contributed by atoms with Gasteiger partial charge in [0.25, 0.3) is 0 Å². The minimum absolute atomic E-state index is 0.548. The summed E-state index contributed by atoms with van der Waals surface area (Å²) in [6.45, 7) is 12.1. The van der Waals surface area contributed by atoms with Crippen LogP contribution >= 0.6 is 0 Å². The van der Waals surface area contributed by atoms with E-state index in [-0.39, 0.29) is 0 Å². The zero-order chi connectivity index (χ0) is 14.8. The minimum atomic E-state index is -0.548. The Morgan fingerprint density at radius 1 is 1.40 bits per heavy atom. The number of nitrogens with one attached hydrogen (secondary N) is 1. The molecule has 0 amide bonds. The monoisotopic (exact) mass is 276 g/mol. The van der Waals surface area contributed by atoms with Crippen molar-refractivity contribution < 1.29 is 5.11 Å². The van der Waals surface area contributed by atoms with Crippen LogP contribution in [0.1, 0.15) is 38.3 Å². The molecule has 1 aromatic rings. The first-order chi connectivity index (χ1) is 9.37. The van der Waals surface area contributed by atoms with Gasteiger partial charge in [-0.3, -0.25) is 0 Å². The molecule has 1 saturated heterocycles. The molecule has 1 fully saturated rings. The van der Waals surface area contributed by atoms with E-state index in [1.807, 2.05) is 6.92 Å². The molecule has 1 aromatic carbocycles. The van der Waals surface area contributed by atoms with Crippen molar-refractivity contribution >= 4 is 5.69 Å². The first-order valence-electron chi connectivity index (χ1n) is 7.65. The van der Waals surface area contributed by atoms with Crippen molar-refractivity contribution in [2.45, 2.75) is 46.3 Å². The summed E-state index contributed by atoms with van der Waals surface area (Å²) in [7, 11) is 0. The molecule has 1 heterocycles. The number of benzene rings is 1. The normalized spacial score (nSPS) is 22.8. The molecule has 2 rings (SSSR count). The fourth-order valence-electron chi connectivity index (χ4n) is 2.81. The Balaban J connectivity index is 2.12. The number of hydrogen-bond acceptors (Lipinski definition) is 3. The topological polar surface area (TPSA) is 35.5 Å². The van der Waals surface area contributed by atoms with Crippen molar-refractivity contribution in [2.75, 3.05) is 24.5 Å². The van der Waals surface area contributed by atoms with E-state index in [1.54, 1.807) is 0 Å². The molecule has 0 bridgehead atoms. The van der Waals surface area contributed by atoms with Crippen molar-refractivity contribution in [2.24, 2.45) is 5.92 Å². The molecule has 3 heteroatoms. The molecule has 1 aliphatic heterocycles. The van der Waals surface area contributed by atoms with Gasteiger partial charge in [0.1, 0.15) is 0 Å². The van der Waals surface area contributed by atoms with E-state index in [0.717, 1.165) is 32.6 Å². The average molecular weight is 276 g/mol. The van der Waals surface area contributed by atoms with Crippen LogP contribution in [0.4, 0.5) is 5.69 Å². The summed E-state index contributed by atoms with van der Waals surface area (Å²) in [5.74, 6) is 0.663. The SMILES string of the molecule is Cc1ccc(N2CCC(C)(O)C2)c(CNCC(C)C)c1. The molecule has 0 aromatic heterocycles. The second-order valence-corrected chi connectivity index (χ2v) is 6.83. The number of nitrogens with zero attached hydrogens (tertiary/aromatic N) is 1. The van der Waals surface area contributed by atoms with Gasteiger partial charge in [-0.05, 0) is 44.4 Å². The zero-order valence-corrected chi connectivity index (χ0v) is 13.2. The number of rotatable bonds is 5. The number of aliphatic hydroxyl groups is 1. The summed E-state index contributed by atoms with van der Waals surface area (Å²) in [5.41, 5.74) is 3.35. The van der Waals surface area contributed by atoms with Gasteiger partial charge < -0.3 is 15.3 Å². The van der Waals surface area contributed by atoms with Crippen molar-refractivity contribution in [1.29, 1.82) is 0 Å². The van der Waals surface area contributed by atoms with Crippen molar-refractivity contribution in [3.05, 3.63) is 29.3 Å². The minimum Gasteiger partial charge on any atom is -0.388 e. The number of hydrogen-bond donors (Lipinski definition) is 2. The highest BCUT2D eigenvalue weighted by molar-refractivity contribution is 5.56. The van der Waals surface area contributed by atoms with Crippen LogP contribution in [0.25, 0.3) is 0 Å². The van der Waals surface area contributed by atoms with E-state index < -0.39 is 5.60 Å². The molecular formula is C17H28N2O. The van der Waals surface area contributed by atoms with E-state index in [4.69, 9.17) is 0 Å². The lowest BCUT2D eigenvalue weighted by atomic mass is 10.1. The van der Waals surface area contributed by atoms with Crippen molar-refractivity contribution in [3.8, 4) is 0 Å². The third-order valence-electron chi connectivity index (χ3n) is 3.90. The molecule has 0 saturated carbocycles. The van der Waals surface area contributed by atoms with Gasteiger partial charge in [0.05, 0.1) is 5.60 Å². The predicted octanol–water partition coefficient (Wildman–Crippen LogP) is 2.70. The summed E-state index contributed by atoms with van der Waals surface area (Å²) in [6, 6.07) is 6.62. The Hall–Kier alpha value is -1.06. The molecule has 0 aliphatic carbocycles. The van der Waals surface area contributed by atoms with E-state index in [0.29, 0.717) is 5.92 Å². The highest BCUT2D eigenvalue weighted by atomic mass is 16.3. The van der Waals surface area contributed by atoms with Gasteiger partial charge in [-0.25, -0.2) is 0 Å². The van der Waals surface area contributed by atoms with Gasteiger partial charge >= 0.3 is 0 Å². The van der Waals surface area contributed by atoms with Crippen molar-refractivity contribution in [1.82, 2.24) is 5.32 Å². The second-order valence-electron chi connectivity index (χ2n) is 6.83. The summed E-state index contributed by atoms with van der Waals surface area (Å²) in [5, 5.41) is 13.7. The van der Waals surface area contributed by atoms with Crippen LogP contribution in [0.5, 0.6) is 0 Å². The molecule has 20 heavy (non-hydrogen) atoms. The fourth-order valence-corrected chi connectivity index (χ4v) is 2.81. The van der Waals surface area contributed by atoms with Gasteiger partial charge in [-0.15, -0.1) is 0 Å². The molecule has 3 nitrogen and oxygen atoms in total. The van der Waals surface area contributed by atoms with E-state index in [2.05, 4.69) is 49.2 Å². The lowest BCUT2D eigenvalue weighted by molar-refractivity contribution is 0.0839. The van der Waals surface area contributed by atoms with E-state index in [9.17, 15) is 5.11 Å². The van der Waals surface area contributed by atoms with Crippen molar-refractivity contribution in [3.63, 3.8) is 0 Å². The standard InChI is InChI=1S/C17H28N2O/c1-13(2)10-18-11-15-9-14(3)5-6-16(15)19-8-7-17(4,20)12-19/h5-6,9,13,18,20H,7-8,10-12H2,1-4H3. The maximum absolute atomic E-state index is 10.2. The Morgan fingerprint density at radius 3 is 2.75 bits per heavy atom. The number of aryl methyl sites for hydroxylation is 1. The molecule has 0 radical (unpaired) electrons. The first-order valence-corrected chi connectivity index (χ1v) is 7.65. The van der Waals surface area contributed by atoms with Gasteiger partial charge in [-0.2, -0.15) is 0 Å².